The minimum Gasteiger partial charge on any atom is -0.257 e. The molecule has 0 N–H and O–H groups in total. The van der Waals surface area contributed by atoms with Crippen LogP contribution in [0.1, 0.15) is 29.1 Å². The van der Waals surface area contributed by atoms with Gasteiger partial charge in [-0.05, 0) is 44.4 Å². The van der Waals surface area contributed by atoms with Gasteiger partial charge in [-0.15, -0.1) is 21.5 Å². The Hall–Kier alpha value is -1.14. The van der Waals surface area contributed by atoms with Crippen molar-refractivity contribution >= 4 is 39.0 Å². The van der Waals surface area contributed by atoms with E-state index in [-0.39, 0.29) is 0 Å². The summed E-state index contributed by atoms with van der Waals surface area (Å²) >= 11 is 3.50. The van der Waals surface area contributed by atoms with Gasteiger partial charge >= 0.3 is 0 Å². The summed E-state index contributed by atoms with van der Waals surface area (Å²) < 4.78 is 2.09. The monoisotopic (exact) mass is 290 g/mol. The predicted octanol–water partition coefficient (Wildman–Crippen LogP) is 3.25. The van der Waals surface area contributed by atoms with E-state index >= 15 is 0 Å². The molecule has 1 aliphatic carbocycles. The van der Waals surface area contributed by atoms with Crippen molar-refractivity contribution < 1.29 is 0 Å². The van der Waals surface area contributed by atoms with Crippen molar-refractivity contribution in [2.45, 2.75) is 37.8 Å². The number of thiophene rings is 1. The Morgan fingerprint density at radius 3 is 2.89 bits per heavy atom. The average molecular weight is 290 g/mol. The topological polar surface area (TPSA) is 43.1 Å². The molecule has 98 valence electrons. The van der Waals surface area contributed by atoms with Gasteiger partial charge in [0.1, 0.15) is 10.7 Å². The third kappa shape index (κ3) is 1.56. The van der Waals surface area contributed by atoms with Crippen LogP contribution in [-0.4, -0.2) is 25.8 Å². The molecule has 0 bridgehead atoms. The van der Waals surface area contributed by atoms with Crippen molar-refractivity contribution in [3.8, 4) is 0 Å². The first-order valence-corrected chi connectivity index (χ1v) is 8.53. The van der Waals surface area contributed by atoms with Crippen LogP contribution in [0.2, 0.25) is 0 Å². The average Bonchev–Trinajstić information content (AvgIpc) is 2.98. The summed E-state index contributed by atoms with van der Waals surface area (Å²) in [6, 6.07) is 0. The minimum absolute atomic E-state index is 0.921. The van der Waals surface area contributed by atoms with Gasteiger partial charge in [-0.1, -0.05) is 11.8 Å². The lowest BCUT2D eigenvalue weighted by Gasteiger charge is -2.10. The third-order valence-corrected chi connectivity index (χ3v) is 5.60. The summed E-state index contributed by atoms with van der Waals surface area (Å²) in [4.78, 5) is 7.47. The zero-order chi connectivity index (χ0) is 13.0. The van der Waals surface area contributed by atoms with Crippen molar-refractivity contribution in [3.63, 3.8) is 0 Å². The maximum Gasteiger partial charge on any atom is 0.176 e. The fourth-order valence-corrected chi connectivity index (χ4v) is 4.79. The summed E-state index contributed by atoms with van der Waals surface area (Å²) in [7, 11) is 0. The lowest BCUT2D eigenvalue weighted by atomic mass is 9.97. The van der Waals surface area contributed by atoms with Crippen molar-refractivity contribution in [3.05, 3.63) is 16.3 Å². The van der Waals surface area contributed by atoms with Crippen LogP contribution in [-0.2, 0) is 12.8 Å². The smallest absolute Gasteiger partial charge is 0.176 e. The van der Waals surface area contributed by atoms with Crippen molar-refractivity contribution in [2.75, 3.05) is 6.26 Å². The van der Waals surface area contributed by atoms with Gasteiger partial charge in [0.2, 0.25) is 0 Å². The van der Waals surface area contributed by atoms with Crippen LogP contribution in [0.25, 0.3) is 15.9 Å². The Labute approximate surface area is 119 Å². The van der Waals surface area contributed by atoms with E-state index in [1.807, 2.05) is 18.3 Å². The van der Waals surface area contributed by atoms with Crippen LogP contribution in [0, 0.1) is 6.92 Å². The molecule has 0 atom stereocenters. The van der Waals surface area contributed by atoms with Gasteiger partial charge in [-0.3, -0.25) is 4.40 Å². The molecule has 0 amide bonds. The molecule has 1 aliphatic rings. The molecule has 4 rings (SSSR count). The van der Waals surface area contributed by atoms with Gasteiger partial charge < -0.3 is 0 Å². The fraction of sp³-hybridized carbons (Fsp3) is 0.462. The number of rotatable bonds is 1. The SMILES string of the molecule is CSc1nc2sc3c(c2c2nnc(C)n12)CCCC3. The molecule has 3 heterocycles. The normalized spacial score (nSPS) is 15.3. The summed E-state index contributed by atoms with van der Waals surface area (Å²) in [6.45, 7) is 1.99. The van der Waals surface area contributed by atoms with Crippen molar-refractivity contribution in [1.29, 1.82) is 0 Å². The quantitative estimate of drug-likeness (QED) is 0.510. The molecule has 0 aromatic carbocycles. The molecule has 19 heavy (non-hydrogen) atoms. The van der Waals surface area contributed by atoms with Crippen LogP contribution in [0.4, 0.5) is 0 Å². The minimum atomic E-state index is 0.921. The molecule has 0 fully saturated rings. The number of thioether (sulfide) groups is 1. The van der Waals surface area contributed by atoms with E-state index in [4.69, 9.17) is 4.98 Å². The molecule has 0 saturated carbocycles. The van der Waals surface area contributed by atoms with Crippen LogP contribution < -0.4 is 0 Å². The predicted molar refractivity (Wildman–Crippen MR) is 79.3 cm³/mol. The van der Waals surface area contributed by atoms with Crippen molar-refractivity contribution in [1.82, 2.24) is 19.6 Å². The van der Waals surface area contributed by atoms with Gasteiger partial charge in [0, 0.05) is 4.88 Å². The second-order valence-electron chi connectivity index (χ2n) is 4.90. The highest BCUT2D eigenvalue weighted by Gasteiger charge is 2.22. The molecule has 0 radical (unpaired) electrons. The van der Waals surface area contributed by atoms with E-state index in [2.05, 4.69) is 20.9 Å². The largest absolute Gasteiger partial charge is 0.257 e. The van der Waals surface area contributed by atoms with E-state index in [1.54, 1.807) is 11.8 Å². The molecule has 0 spiro atoms. The Kier molecular flexibility index (Phi) is 2.57. The van der Waals surface area contributed by atoms with Gasteiger partial charge in [-0.2, -0.15) is 0 Å². The number of hydrogen-bond donors (Lipinski definition) is 0. The first kappa shape index (κ1) is 11.7. The molecule has 6 heteroatoms. The molecule has 0 unspecified atom stereocenters. The van der Waals surface area contributed by atoms with Crippen LogP contribution in [0.5, 0.6) is 0 Å². The summed E-state index contributed by atoms with van der Waals surface area (Å²) in [5, 5.41) is 10.9. The standard InChI is InChI=1S/C13H14N4S2/c1-7-15-16-11-10-8-5-3-4-6-9(8)19-12(10)14-13(18-2)17(7)11/h3-6H2,1-2H3. The zero-order valence-corrected chi connectivity index (χ0v) is 12.6. The molecular formula is C13H14N4S2. The fourth-order valence-electron chi connectivity index (χ4n) is 2.89. The first-order valence-electron chi connectivity index (χ1n) is 6.49. The van der Waals surface area contributed by atoms with Gasteiger partial charge in [-0.25, -0.2) is 4.98 Å². The Balaban J connectivity index is 2.19. The number of fused-ring (bicyclic) bond motifs is 5. The van der Waals surface area contributed by atoms with E-state index in [9.17, 15) is 0 Å². The maximum atomic E-state index is 4.82. The second kappa shape index (κ2) is 4.18. The molecule has 3 aromatic heterocycles. The van der Waals surface area contributed by atoms with E-state index in [0.29, 0.717) is 0 Å². The maximum absolute atomic E-state index is 4.82. The third-order valence-electron chi connectivity index (χ3n) is 3.77. The number of nitrogens with zero attached hydrogens (tertiary/aromatic N) is 4. The molecular weight excluding hydrogens is 276 g/mol. The Morgan fingerprint density at radius 2 is 2.05 bits per heavy atom. The van der Waals surface area contributed by atoms with E-state index < -0.39 is 0 Å². The summed E-state index contributed by atoms with van der Waals surface area (Å²) in [5.41, 5.74) is 2.47. The zero-order valence-electron chi connectivity index (χ0n) is 10.9. The number of aryl methyl sites for hydroxylation is 3. The lowest BCUT2D eigenvalue weighted by molar-refractivity contribution is 0.700. The second-order valence-corrected chi connectivity index (χ2v) is 6.75. The van der Waals surface area contributed by atoms with E-state index in [1.165, 1.54) is 35.1 Å². The highest BCUT2D eigenvalue weighted by atomic mass is 32.2. The first-order chi connectivity index (χ1) is 9.29. The van der Waals surface area contributed by atoms with Crippen molar-refractivity contribution in [2.24, 2.45) is 0 Å². The van der Waals surface area contributed by atoms with Crippen LogP contribution in [0.3, 0.4) is 0 Å². The molecule has 0 aliphatic heterocycles. The summed E-state index contributed by atoms with van der Waals surface area (Å²) in [6.07, 6.45) is 7.00. The number of hydrogen-bond acceptors (Lipinski definition) is 5. The van der Waals surface area contributed by atoms with Gasteiger partial charge in [0.25, 0.3) is 0 Å². The highest BCUT2D eigenvalue weighted by molar-refractivity contribution is 7.98. The van der Waals surface area contributed by atoms with Gasteiger partial charge in [0.05, 0.1) is 5.39 Å². The molecule has 3 aromatic rings. The van der Waals surface area contributed by atoms with Crippen LogP contribution in [0.15, 0.2) is 5.16 Å². The van der Waals surface area contributed by atoms with Crippen LogP contribution >= 0.6 is 23.1 Å². The molecule has 0 saturated heterocycles. The Bertz CT molecular complexity index is 787. The summed E-state index contributed by atoms with van der Waals surface area (Å²) in [5.74, 6) is 0.921. The van der Waals surface area contributed by atoms with Gasteiger partial charge in [0.15, 0.2) is 10.8 Å². The number of aromatic nitrogens is 4. The molecule has 4 nitrogen and oxygen atoms in total. The highest BCUT2D eigenvalue weighted by Crippen LogP contribution is 2.38. The van der Waals surface area contributed by atoms with E-state index in [0.717, 1.165) is 27.9 Å². The Morgan fingerprint density at radius 1 is 1.21 bits per heavy atom. The lowest BCUT2D eigenvalue weighted by Crippen LogP contribution is -2.00.